The zero-order valence-electron chi connectivity index (χ0n) is 7.34. The Bertz CT molecular complexity index is 379. The van der Waals surface area contributed by atoms with Gasteiger partial charge in [0.1, 0.15) is 16.5 Å². The molecule has 0 bridgehead atoms. The Morgan fingerprint density at radius 1 is 1.64 bits per heavy atom. The second kappa shape index (κ2) is 4.61. The zero-order chi connectivity index (χ0) is 10.6. The van der Waals surface area contributed by atoms with E-state index in [1.165, 1.54) is 12.3 Å². The first-order valence-corrected chi connectivity index (χ1v) is 4.87. The Morgan fingerprint density at radius 2 is 2.36 bits per heavy atom. The van der Waals surface area contributed by atoms with E-state index in [2.05, 4.69) is 9.98 Å². The van der Waals surface area contributed by atoms with E-state index in [4.69, 9.17) is 5.11 Å². The van der Waals surface area contributed by atoms with E-state index >= 15 is 0 Å². The minimum atomic E-state index is -1.31. The fourth-order valence-electron chi connectivity index (χ4n) is 0.844. The van der Waals surface area contributed by atoms with Crippen molar-refractivity contribution in [3.05, 3.63) is 24.0 Å². The maximum Gasteiger partial charge on any atom is 0.432 e. The quantitative estimate of drug-likeness (QED) is 0.545. The number of carbonyl (C=O) groups is 1. The molecule has 1 aromatic heterocycles. The Balaban J connectivity index is 3.13. The van der Waals surface area contributed by atoms with E-state index in [0.717, 1.165) is 11.8 Å². The Labute approximate surface area is 84.5 Å². The van der Waals surface area contributed by atoms with E-state index < -0.39 is 6.09 Å². The third-order valence-electron chi connectivity index (χ3n) is 1.38. The number of thioether (sulfide) groups is 1. The van der Waals surface area contributed by atoms with Gasteiger partial charge in [-0.3, -0.25) is 4.98 Å². The lowest BCUT2D eigenvalue weighted by Crippen LogP contribution is -2.02. The van der Waals surface area contributed by atoms with Gasteiger partial charge in [-0.15, -0.1) is 11.8 Å². The maximum atomic E-state index is 10.3. The molecule has 0 aliphatic carbocycles. The van der Waals surface area contributed by atoms with Crippen LogP contribution in [0, 0.1) is 0 Å². The molecule has 1 rings (SSSR count). The summed E-state index contributed by atoms with van der Waals surface area (Å²) in [5, 5.41) is 18.0. The number of hydrogen-bond donors (Lipinski definition) is 2. The molecule has 0 radical (unpaired) electrons. The molecular weight excluding hydrogens is 204 g/mol. The molecule has 0 aromatic carbocycles. The van der Waals surface area contributed by atoms with Crippen LogP contribution in [0.1, 0.15) is 5.69 Å². The van der Waals surface area contributed by atoms with Gasteiger partial charge in [0.05, 0.1) is 0 Å². The van der Waals surface area contributed by atoms with Crippen molar-refractivity contribution in [1.29, 1.82) is 0 Å². The normalized spacial score (nSPS) is 11.4. The number of rotatable bonds is 1. The van der Waals surface area contributed by atoms with Crippen molar-refractivity contribution < 1.29 is 15.0 Å². The van der Waals surface area contributed by atoms with Crippen LogP contribution in [0.2, 0.25) is 0 Å². The molecule has 0 spiro atoms. The highest BCUT2D eigenvalue weighted by Crippen LogP contribution is 2.18. The number of aromatic hydroxyl groups is 1. The summed E-state index contributed by atoms with van der Waals surface area (Å²) in [6.45, 7) is 0. The molecule has 0 aliphatic heterocycles. The fourth-order valence-corrected chi connectivity index (χ4v) is 1.36. The van der Waals surface area contributed by atoms with E-state index in [0.29, 0.717) is 0 Å². The van der Waals surface area contributed by atoms with Crippen LogP contribution in [0.15, 0.2) is 23.3 Å². The average Bonchev–Trinajstić information content (AvgIpc) is 2.15. The number of carboxylic acid groups (broad SMARTS) is 1. The van der Waals surface area contributed by atoms with E-state index in [1.807, 2.05) is 0 Å². The smallest absolute Gasteiger partial charge is 0.432 e. The Hall–Kier alpha value is -1.56. The number of hydrogen-bond acceptors (Lipinski definition) is 4. The van der Waals surface area contributed by atoms with E-state index in [-0.39, 0.29) is 16.5 Å². The van der Waals surface area contributed by atoms with Crippen LogP contribution < -0.4 is 0 Å². The third-order valence-corrected chi connectivity index (χ3v) is 2.05. The molecule has 1 heterocycles. The molecule has 0 atom stereocenters. The second-order valence-corrected chi connectivity index (χ2v) is 3.07. The lowest BCUT2D eigenvalue weighted by atomic mass is 10.3. The molecule has 1 amide bonds. The van der Waals surface area contributed by atoms with Gasteiger partial charge in [-0.1, -0.05) is 0 Å². The van der Waals surface area contributed by atoms with Crippen LogP contribution in [0.3, 0.4) is 0 Å². The maximum absolute atomic E-state index is 10.3. The summed E-state index contributed by atoms with van der Waals surface area (Å²) in [7, 11) is 0. The van der Waals surface area contributed by atoms with Crippen LogP contribution in [0.4, 0.5) is 4.79 Å². The predicted octanol–water partition coefficient (Wildman–Crippen LogP) is 1.57. The van der Waals surface area contributed by atoms with Crippen LogP contribution >= 0.6 is 11.8 Å². The van der Waals surface area contributed by atoms with Crippen LogP contribution in [-0.4, -0.2) is 32.6 Å². The highest BCUT2D eigenvalue weighted by molar-refractivity contribution is 8.13. The van der Waals surface area contributed by atoms with Gasteiger partial charge in [0.15, 0.2) is 0 Å². The first kappa shape index (κ1) is 10.5. The highest BCUT2D eigenvalue weighted by atomic mass is 32.2. The first-order valence-electron chi connectivity index (χ1n) is 3.65. The van der Waals surface area contributed by atoms with Gasteiger partial charge in [-0.05, 0) is 18.4 Å². The molecule has 0 saturated heterocycles. The van der Waals surface area contributed by atoms with Crippen molar-refractivity contribution in [2.75, 3.05) is 6.26 Å². The molecule has 14 heavy (non-hydrogen) atoms. The van der Waals surface area contributed by atoms with Crippen molar-refractivity contribution in [2.24, 2.45) is 4.99 Å². The highest BCUT2D eigenvalue weighted by Gasteiger charge is 2.10. The molecular formula is C8H8N2O3S. The SMILES string of the molecule is CSC(=NC(=O)O)c1ncccc1O. The number of aliphatic imine (C=N–C) groups is 1. The number of aromatic nitrogens is 1. The fraction of sp³-hybridized carbons (Fsp3) is 0.125. The minimum Gasteiger partial charge on any atom is -0.506 e. The first-order chi connectivity index (χ1) is 6.65. The molecule has 5 nitrogen and oxygen atoms in total. The summed E-state index contributed by atoms with van der Waals surface area (Å²) in [5.74, 6) is -0.0816. The van der Waals surface area contributed by atoms with E-state index in [9.17, 15) is 9.90 Å². The standard InChI is InChI=1S/C8H8N2O3S/c1-14-7(10-8(12)13)6-5(11)3-2-4-9-6/h2-4,11H,1H3,(H,12,13). The van der Waals surface area contributed by atoms with Crippen LogP contribution in [0.5, 0.6) is 5.75 Å². The predicted molar refractivity (Wildman–Crippen MR) is 54.0 cm³/mol. The number of amides is 1. The molecule has 0 saturated carbocycles. The van der Waals surface area contributed by atoms with Crippen molar-refractivity contribution in [1.82, 2.24) is 4.98 Å². The van der Waals surface area contributed by atoms with Gasteiger partial charge in [0, 0.05) is 6.20 Å². The van der Waals surface area contributed by atoms with Gasteiger partial charge in [0.2, 0.25) is 0 Å². The number of nitrogens with zero attached hydrogens (tertiary/aromatic N) is 2. The van der Waals surface area contributed by atoms with Crippen molar-refractivity contribution in [2.45, 2.75) is 0 Å². The molecule has 6 heteroatoms. The molecule has 0 aliphatic rings. The lowest BCUT2D eigenvalue weighted by molar-refractivity contribution is 0.206. The summed E-state index contributed by atoms with van der Waals surface area (Å²) >= 11 is 1.11. The van der Waals surface area contributed by atoms with Crippen molar-refractivity contribution in [3.63, 3.8) is 0 Å². The van der Waals surface area contributed by atoms with Crippen LogP contribution in [0.25, 0.3) is 0 Å². The summed E-state index contributed by atoms with van der Waals surface area (Å²) in [4.78, 5) is 17.5. The van der Waals surface area contributed by atoms with Gasteiger partial charge >= 0.3 is 6.09 Å². The summed E-state index contributed by atoms with van der Waals surface area (Å²) in [6.07, 6.45) is 1.82. The zero-order valence-corrected chi connectivity index (χ0v) is 8.15. The van der Waals surface area contributed by atoms with Crippen LogP contribution in [-0.2, 0) is 0 Å². The lowest BCUT2D eigenvalue weighted by Gasteiger charge is -2.02. The van der Waals surface area contributed by atoms with Crippen molar-refractivity contribution in [3.8, 4) is 5.75 Å². The Morgan fingerprint density at radius 3 is 2.86 bits per heavy atom. The topological polar surface area (TPSA) is 82.8 Å². The van der Waals surface area contributed by atoms with Gasteiger partial charge in [-0.25, -0.2) is 4.79 Å². The molecule has 0 fully saturated rings. The monoisotopic (exact) mass is 212 g/mol. The summed E-state index contributed by atoms with van der Waals surface area (Å²) in [5.41, 5.74) is 0.183. The minimum absolute atomic E-state index is 0.0816. The molecule has 74 valence electrons. The van der Waals surface area contributed by atoms with Gasteiger partial charge < -0.3 is 10.2 Å². The van der Waals surface area contributed by atoms with Gasteiger partial charge in [0.25, 0.3) is 0 Å². The Kier molecular flexibility index (Phi) is 3.47. The largest absolute Gasteiger partial charge is 0.506 e. The molecule has 1 aromatic rings. The average molecular weight is 212 g/mol. The summed E-state index contributed by atoms with van der Waals surface area (Å²) < 4.78 is 0. The second-order valence-electron chi connectivity index (χ2n) is 2.27. The third kappa shape index (κ3) is 2.46. The van der Waals surface area contributed by atoms with Gasteiger partial charge in [-0.2, -0.15) is 4.99 Å². The number of pyridine rings is 1. The molecule has 2 N–H and O–H groups in total. The summed E-state index contributed by atoms with van der Waals surface area (Å²) in [6, 6.07) is 2.98. The molecule has 0 unspecified atom stereocenters. The van der Waals surface area contributed by atoms with E-state index in [1.54, 1.807) is 12.3 Å². The van der Waals surface area contributed by atoms with Crippen molar-refractivity contribution >= 4 is 22.9 Å².